The van der Waals surface area contributed by atoms with E-state index in [0.717, 1.165) is 0 Å². The first-order valence-electron chi connectivity index (χ1n) is 1.73. The fourth-order valence-corrected chi connectivity index (χ4v) is 0.264. The lowest BCUT2D eigenvalue weighted by molar-refractivity contribution is 0.602. The molecular weight excluding hydrogens is 94.1 g/mol. The maximum atomic E-state index is 8.06. The molecule has 0 bridgehead atoms. The van der Waals surface area contributed by atoms with Crippen LogP contribution in [-0.4, -0.2) is 6.17 Å². The first kappa shape index (κ1) is 4.02. The minimum atomic E-state index is -0.500. The summed E-state index contributed by atoms with van der Waals surface area (Å²) < 4.78 is 0. The smallest absolute Gasteiger partial charge is 0.221 e. The zero-order valence-corrected chi connectivity index (χ0v) is 3.42. The highest BCUT2D eigenvalue weighted by Gasteiger charge is 2.05. The van der Waals surface area contributed by atoms with Gasteiger partial charge >= 0.3 is 0 Å². The van der Waals surface area contributed by atoms with Crippen LogP contribution in [0.4, 0.5) is 0 Å². The Morgan fingerprint density at radius 3 is 2.86 bits per heavy atom. The molecule has 5 heteroatoms. The normalized spacial score (nSPS) is 26.4. The highest BCUT2D eigenvalue weighted by molar-refractivity contribution is 4.86. The molecule has 0 saturated heterocycles. The van der Waals surface area contributed by atoms with Crippen LogP contribution in [0.2, 0.25) is 0 Å². The fourth-order valence-electron chi connectivity index (χ4n) is 0.264. The van der Waals surface area contributed by atoms with E-state index in [0.29, 0.717) is 0 Å². The number of rotatable bonds is 0. The van der Waals surface area contributed by atoms with Crippen molar-refractivity contribution in [2.45, 2.75) is 6.17 Å². The predicted molar refractivity (Wildman–Crippen MR) is 20.5 cm³/mol. The van der Waals surface area contributed by atoms with Crippen LogP contribution in [0.1, 0.15) is 0 Å². The van der Waals surface area contributed by atoms with Crippen LogP contribution < -0.4 is 11.0 Å². The lowest BCUT2D eigenvalue weighted by Gasteiger charge is -1.87. The molecule has 0 aromatic carbocycles. The van der Waals surface area contributed by atoms with Crippen LogP contribution in [0.15, 0.2) is 10.3 Å². The van der Waals surface area contributed by atoms with Gasteiger partial charge in [0.05, 0.1) is 0 Å². The second kappa shape index (κ2) is 1.53. The number of nitrogens with zero attached hydrogens (tertiary/aromatic N) is 3. The summed E-state index contributed by atoms with van der Waals surface area (Å²) in [6, 6.07) is 1.83. The average molecular weight is 97.1 g/mol. The third kappa shape index (κ3) is 0.639. The lowest BCUT2D eigenvalue weighted by Crippen LogP contribution is -2.28. The largest absolute Gasteiger partial charge is 0.227 e. The summed E-state index contributed by atoms with van der Waals surface area (Å²) in [7, 11) is 0. The first-order valence-corrected chi connectivity index (χ1v) is 1.73. The fraction of sp³-hybridized carbons (Fsp3) is 0.500. The molecule has 7 heavy (non-hydrogen) atoms. The molecule has 5 nitrogen and oxygen atoms in total. The third-order valence-corrected chi connectivity index (χ3v) is 0.547. The topological polar surface area (TPSA) is 72.6 Å². The van der Waals surface area contributed by atoms with E-state index in [1.807, 2.05) is 6.07 Å². The van der Waals surface area contributed by atoms with Crippen molar-refractivity contribution in [3.05, 3.63) is 0 Å². The molecule has 0 amide bonds. The third-order valence-electron chi connectivity index (χ3n) is 0.547. The van der Waals surface area contributed by atoms with E-state index in [9.17, 15) is 0 Å². The minimum Gasteiger partial charge on any atom is -0.221 e. The van der Waals surface area contributed by atoms with Gasteiger partial charge in [-0.15, -0.1) is 5.11 Å². The molecule has 2 N–H and O–H groups in total. The van der Waals surface area contributed by atoms with Crippen molar-refractivity contribution in [2.24, 2.45) is 10.3 Å². The van der Waals surface area contributed by atoms with Crippen molar-refractivity contribution in [3.63, 3.8) is 0 Å². The maximum Gasteiger partial charge on any atom is 0.227 e. The number of hydrogen-bond donors (Lipinski definition) is 2. The molecule has 1 aliphatic rings. The lowest BCUT2D eigenvalue weighted by atomic mass is 10.6. The van der Waals surface area contributed by atoms with Gasteiger partial charge in [0, 0.05) is 0 Å². The van der Waals surface area contributed by atoms with E-state index in [2.05, 4.69) is 21.3 Å². The summed E-state index contributed by atoms with van der Waals surface area (Å²) in [6.45, 7) is 0. The van der Waals surface area contributed by atoms with Crippen LogP contribution in [-0.2, 0) is 0 Å². The van der Waals surface area contributed by atoms with Gasteiger partial charge in [0.2, 0.25) is 6.17 Å². The molecule has 0 spiro atoms. The van der Waals surface area contributed by atoms with Gasteiger partial charge in [-0.2, -0.15) is 10.7 Å². The molecule has 0 aromatic heterocycles. The molecule has 0 saturated carbocycles. The van der Waals surface area contributed by atoms with E-state index >= 15 is 0 Å². The molecule has 1 aliphatic heterocycles. The molecule has 1 heterocycles. The van der Waals surface area contributed by atoms with E-state index in [-0.39, 0.29) is 0 Å². The average Bonchev–Trinajstić information content (AvgIpc) is 2.14. The van der Waals surface area contributed by atoms with Gasteiger partial charge in [0.1, 0.15) is 6.07 Å². The van der Waals surface area contributed by atoms with Crippen molar-refractivity contribution >= 4 is 0 Å². The number of nitriles is 1. The quantitative estimate of drug-likeness (QED) is 0.420. The Labute approximate surface area is 40.0 Å². The van der Waals surface area contributed by atoms with Gasteiger partial charge in [-0.1, -0.05) is 5.22 Å². The van der Waals surface area contributed by atoms with Crippen LogP contribution in [0, 0.1) is 11.3 Å². The van der Waals surface area contributed by atoms with Gasteiger partial charge in [-0.3, -0.25) is 0 Å². The molecular formula is C2H3N5. The Bertz CT molecular complexity index is 121. The number of hydrogen-bond acceptors (Lipinski definition) is 5. The van der Waals surface area contributed by atoms with Crippen LogP contribution in [0.25, 0.3) is 0 Å². The summed E-state index contributed by atoms with van der Waals surface area (Å²) in [5.74, 6) is 0. The zero-order valence-electron chi connectivity index (χ0n) is 3.42. The number of nitrogens with one attached hydrogen (secondary N) is 2. The van der Waals surface area contributed by atoms with Gasteiger partial charge in [-0.25, -0.2) is 5.53 Å². The molecule has 36 valence electrons. The number of hydrazine groups is 1. The Kier molecular flexibility index (Phi) is 0.880. The second-order valence-electron chi connectivity index (χ2n) is 1.00. The van der Waals surface area contributed by atoms with Gasteiger partial charge in [0.25, 0.3) is 0 Å². The zero-order chi connectivity index (χ0) is 5.11. The Morgan fingerprint density at radius 1 is 1.71 bits per heavy atom. The molecule has 0 aromatic rings. The summed E-state index contributed by atoms with van der Waals surface area (Å²) in [5, 5.41) is 14.7. The molecule has 1 atom stereocenters. The van der Waals surface area contributed by atoms with Crippen molar-refractivity contribution < 1.29 is 0 Å². The van der Waals surface area contributed by atoms with E-state index in [4.69, 9.17) is 5.26 Å². The Balaban J connectivity index is 2.47. The van der Waals surface area contributed by atoms with E-state index in [1.165, 1.54) is 0 Å². The maximum absolute atomic E-state index is 8.06. The van der Waals surface area contributed by atoms with Gasteiger partial charge in [0.15, 0.2) is 0 Å². The summed E-state index contributed by atoms with van der Waals surface area (Å²) >= 11 is 0. The van der Waals surface area contributed by atoms with E-state index < -0.39 is 6.17 Å². The predicted octanol–water partition coefficient (Wildman–Crippen LogP) is -0.689. The second-order valence-corrected chi connectivity index (χ2v) is 1.00. The molecule has 0 radical (unpaired) electrons. The summed E-state index contributed by atoms with van der Waals surface area (Å²) in [6.07, 6.45) is -0.500. The Morgan fingerprint density at radius 2 is 2.57 bits per heavy atom. The van der Waals surface area contributed by atoms with Crippen molar-refractivity contribution in [1.29, 1.82) is 5.26 Å². The highest BCUT2D eigenvalue weighted by atomic mass is 15.7. The van der Waals surface area contributed by atoms with Crippen molar-refractivity contribution in [3.8, 4) is 6.07 Å². The SMILES string of the molecule is N#CC1N=NNN1. The summed E-state index contributed by atoms with van der Waals surface area (Å²) in [5.41, 5.74) is 4.77. The monoisotopic (exact) mass is 97.0 g/mol. The molecule has 0 fully saturated rings. The van der Waals surface area contributed by atoms with Gasteiger partial charge < -0.3 is 0 Å². The van der Waals surface area contributed by atoms with Crippen LogP contribution in [0.5, 0.6) is 0 Å². The molecule has 1 rings (SSSR count). The summed E-state index contributed by atoms with van der Waals surface area (Å²) in [4.78, 5) is 0. The molecule has 1 unspecified atom stereocenters. The van der Waals surface area contributed by atoms with E-state index in [1.54, 1.807) is 0 Å². The Hall–Kier alpha value is -1.15. The van der Waals surface area contributed by atoms with Crippen LogP contribution >= 0.6 is 0 Å². The first-order chi connectivity index (χ1) is 3.43. The molecule has 0 aliphatic carbocycles. The van der Waals surface area contributed by atoms with Crippen molar-refractivity contribution in [2.75, 3.05) is 0 Å². The van der Waals surface area contributed by atoms with Crippen LogP contribution in [0.3, 0.4) is 0 Å². The van der Waals surface area contributed by atoms with Crippen molar-refractivity contribution in [1.82, 2.24) is 11.0 Å². The van der Waals surface area contributed by atoms with Gasteiger partial charge in [-0.05, 0) is 0 Å². The highest BCUT2D eigenvalue weighted by Crippen LogP contribution is 1.86. The minimum absolute atomic E-state index is 0.500. The standard InChI is InChI=1S/C2H3N5/c3-1-2-4-6-7-5-2/h2H,(H,4,7)(H,5,6).